The maximum atomic E-state index is 14.0. The monoisotopic (exact) mass is 485 g/mol. The van der Waals surface area contributed by atoms with Gasteiger partial charge >= 0.3 is 0 Å². The molecule has 3 heterocycles. The van der Waals surface area contributed by atoms with Gasteiger partial charge in [0.15, 0.2) is 0 Å². The summed E-state index contributed by atoms with van der Waals surface area (Å²) in [4.78, 5) is 34.3. The minimum absolute atomic E-state index is 0.000484. The first-order valence-electron chi connectivity index (χ1n) is 14.0. The van der Waals surface area contributed by atoms with Crippen molar-refractivity contribution in [2.24, 2.45) is 23.7 Å². The number of rotatable bonds is 4. The number of carbonyl (C=O) groups excluding carboxylic acids is 2. The van der Waals surface area contributed by atoms with E-state index in [1.54, 1.807) is 0 Å². The van der Waals surface area contributed by atoms with Crippen LogP contribution in [0.1, 0.15) is 52.4 Å². The average Bonchev–Trinajstić information content (AvgIpc) is 3.37. The second-order valence-electron chi connectivity index (χ2n) is 11.8. The Hall–Kier alpha value is -2.66. The van der Waals surface area contributed by atoms with E-state index >= 15 is 0 Å². The van der Waals surface area contributed by atoms with Crippen LogP contribution in [0.3, 0.4) is 0 Å². The maximum absolute atomic E-state index is 14.0. The van der Waals surface area contributed by atoms with Crippen molar-refractivity contribution < 1.29 is 9.59 Å². The van der Waals surface area contributed by atoms with Gasteiger partial charge in [0.2, 0.25) is 11.8 Å². The van der Waals surface area contributed by atoms with Crippen molar-refractivity contribution in [1.29, 1.82) is 0 Å². The Bertz CT molecular complexity index is 1090. The van der Waals surface area contributed by atoms with Gasteiger partial charge in [0, 0.05) is 31.4 Å². The molecule has 0 bridgehead atoms. The number of para-hydroxylation sites is 2. The number of amides is 2. The van der Waals surface area contributed by atoms with Gasteiger partial charge in [0.05, 0.1) is 23.1 Å². The predicted molar refractivity (Wildman–Crippen MR) is 144 cm³/mol. The van der Waals surface area contributed by atoms with E-state index in [0.29, 0.717) is 18.3 Å². The molecule has 190 valence electrons. The molecule has 0 N–H and O–H groups in total. The van der Waals surface area contributed by atoms with Crippen LogP contribution in [-0.4, -0.2) is 47.9 Å². The summed E-state index contributed by atoms with van der Waals surface area (Å²) in [5, 5.41) is 0. The van der Waals surface area contributed by atoms with Crippen molar-refractivity contribution in [3.05, 3.63) is 60.7 Å². The molecule has 5 nitrogen and oxygen atoms in total. The van der Waals surface area contributed by atoms with Crippen molar-refractivity contribution in [1.82, 2.24) is 4.90 Å². The fraction of sp³-hybridized carbons (Fsp3) is 0.548. The SMILES string of the molecule is CC(C)C1CCC(N2CCC3(CC2)[C@@H]2C(=O)N(c4ccccc4)C(=O)[C@@H]2CN3c2ccccc2)CC1. The van der Waals surface area contributed by atoms with Gasteiger partial charge in [-0.25, -0.2) is 4.90 Å². The molecule has 0 unspecified atom stereocenters. The highest BCUT2D eigenvalue weighted by Gasteiger charge is 2.65. The van der Waals surface area contributed by atoms with Crippen molar-refractivity contribution >= 4 is 23.2 Å². The summed E-state index contributed by atoms with van der Waals surface area (Å²) in [6.45, 7) is 7.38. The van der Waals surface area contributed by atoms with Crippen LogP contribution in [0.15, 0.2) is 60.7 Å². The Kier molecular flexibility index (Phi) is 6.15. The lowest BCUT2D eigenvalue weighted by atomic mass is 9.73. The lowest BCUT2D eigenvalue weighted by Gasteiger charge is -2.50. The molecule has 4 fully saturated rings. The van der Waals surface area contributed by atoms with Crippen LogP contribution >= 0.6 is 0 Å². The fourth-order valence-corrected chi connectivity index (χ4v) is 7.86. The molecule has 0 aromatic heterocycles. The van der Waals surface area contributed by atoms with Gasteiger partial charge in [-0.1, -0.05) is 50.2 Å². The Morgan fingerprint density at radius 3 is 1.94 bits per heavy atom. The van der Waals surface area contributed by atoms with E-state index in [1.165, 1.54) is 30.6 Å². The molecule has 1 aliphatic carbocycles. The van der Waals surface area contributed by atoms with E-state index in [-0.39, 0.29) is 29.2 Å². The molecule has 0 radical (unpaired) electrons. The number of imide groups is 1. The molecule has 1 saturated carbocycles. The number of likely N-dealkylation sites (tertiary alicyclic amines) is 1. The van der Waals surface area contributed by atoms with E-state index in [9.17, 15) is 9.59 Å². The minimum Gasteiger partial charge on any atom is -0.364 e. The lowest BCUT2D eigenvalue weighted by Crippen LogP contribution is -2.59. The first kappa shape index (κ1) is 23.7. The third-order valence-electron chi connectivity index (χ3n) is 9.87. The van der Waals surface area contributed by atoms with E-state index < -0.39 is 0 Å². The summed E-state index contributed by atoms with van der Waals surface area (Å²) in [6, 6.07) is 20.6. The second kappa shape index (κ2) is 9.33. The molecular formula is C31H39N3O2. The highest BCUT2D eigenvalue weighted by atomic mass is 16.2. The summed E-state index contributed by atoms with van der Waals surface area (Å²) in [5.74, 6) is 1.08. The topological polar surface area (TPSA) is 43.9 Å². The number of anilines is 2. The van der Waals surface area contributed by atoms with E-state index in [0.717, 1.165) is 43.5 Å². The van der Waals surface area contributed by atoms with E-state index in [4.69, 9.17) is 0 Å². The van der Waals surface area contributed by atoms with Crippen molar-refractivity contribution in [2.45, 2.75) is 64.0 Å². The Balaban J connectivity index is 1.27. The van der Waals surface area contributed by atoms with Crippen LogP contribution in [0.5, 0.6) is 0 Å². The Morgan fingerprint density at radius 1 is 0.778 bits per heavy atom. The summed E-state index contributed by atoms with van der Waals surface area (Å²) in [6.07, 6.45) is 7.14. The molecular weight excluding hydrogens is 446 g/mol. The van der Waals surface area contributed by atoms with Crippen LogP contribution < -0.4 is 9.80 Å². The molecule has 3 aliphatic heterocycles. The van der Waals surface area contributed by atoms with Crippen LogP contribution in [0.25, 0.3) is 0 Å². The molecule has 4 aliphatic rings. The number of hydrogen-bond donors (Lipinski definition) is 0. The van der Waals surface area contributed by atoms with Crippen LogP contribution in [0.4, 0.5) is 11.4 Å². The van der Waals surface area contributed by atoms with Gasteiger partial charge in [-0.3, -0.25) is 9.59 Å². The molecule has 2 amide bonds. The molecule has 2 atom stereocenters. The van der Waals surface area contributed by atoms with Crippen LogP contribution in [-0.2, 0) is 9.59 Å². The Morgan fingerprint density at radius 2 is 1.36 bits per heavy atom. The van der Waals surface area contributed by atoms with Gasteiger partial charge in [-0.15, -0.1) is 0 Å². The standard InChI is InChI=1S/C31H39N3O2/c1-22(2)23-13-15-24(16-14-23)32-19-17-31(18-20-32)28-27(21-33(31)25-9-5-3-6-10-25)29(35)34(30(28)36)26-11-7-4-8-12-26/h3-12,22-24,27-28H,13-21H2,1-2H3/t23?,24?,27-,28+/m1/s1. The third-order valence-corrected chi connectivity index (χ3v) is 9.87. The van der Waals surface area contributed by atoms with Gasteiger partial charge in [-0.2, -0.15) is 0 Å². The molecule has 2 aromatic carbocycles. The van der Waals surface area contributed by atoms with Crippen LogP contribution in [0, 0.1) is 23.7 Å². The summed E-state index contributed by atoms with van der Waals surface area (Å²) in [7, 11) is 0. The molecule has 2 aromatic rings. The zero-order chi connectivity index (χ0) is 24.9. The summed E-state index contributed by atoms with van der Waals surface area (Å²) in [5.41, 5.74) is 1.56. The average molecular weight is 486 g/mol. The maximum Gasteiger partial charge on any atom is 0.240 e. The lowest BCUT2D eigenvalue weighted by molar-refractivity contribution is -0.123. The predicted octanol–water partition coefficient (Wildman–Crippen LogP) is 5.36. The van der Waals surface area contributed by atoms with Gasteiger partial charge in [0.25, 0.3) is 0 Å². The van der Waals surface area contributed by atoms with Gasteiger partial charge in [-0.05, 0) is 74.6 Å². The number of benzene rings is 2. The summed E-state index contributed by atoms with van der Waals surface area (Å²) < 4.78 is 0. The zero-order valence-corrected chi connectivity index (χ0v) is 21.7. The highest BCUT2D eigenvalue weighted by Crippen LogP contribution is 2.52. The van der Waals surface area contributed by atoms with Crippen LogP contribution in [0.2, 0.25) is 0 Å². The van der Waals surface area contributed by atoms with Gasteiger partial charge < -0.3 is 9.80 Å². The normalized spacial score (nSPS) is 30.4. The Labute approximate surface area is 215 Å². The third kappa shape index (κ3) is 3.78. The van der Waals surface area contributed by atoms with Crippen molar-refractivity contribution in [3.8, 4) is 0 Å². The van der Waals surface area contributed by atoms with Crippen molar-refractivity contribution in [3.63, 3.8) is 0 Å². The molecule has 36 heavy (non-hydrogen) atoms. The summed E-state index contributed by atoms with van der Waals surface area (Å²) >= 11 is 0. The first-order chi connectivity index (χ1) is 17.5. The largest absolute Gasteiger partial charge is 0.364 e. The molecule has 6 rings (SSSR count). The van der Waals surface area contributed by atoms with Crippen molar-refractivity contribution in [2.75, 3.05) is 29.4 Å². The molecule has 1 spiro atoms. The zero-order valence-electron chi connectivity index (χ0n) is 21.7. The quantitative estimate of drug-likeness (QED) is 0.547. The number of nitrogens with zero attached hydrogens (tertiary/aromatic N) is 3. The smallest absolute Gasteiger partial charge is 0.240 e. The molecule has 3 saturated heterocycles. The number of carbonyl (C=O) groups is 2. The highest BCUT2D eigenvalue weighted by molar-refractivity contribution is 6.23. The minimum atomic E-state index is -0.298. The molecule has 5 heteroatoms. The number of fused-ring (bicyclic) bond motifs is 2. The van der Waals surface area contributed by atoms with E-state index in [1.807, 2.05) is 36.4 Å². The first-order valence-corrected chi connectivity index (χ1v) is 14.0. The fourth-order valence-electron chi connectivity index (χ4n) is 7.86. The second-order valence-corrected chi connectivity index (χ2v) is 11.8. The van der Waals surface area contributed by atoms with E-state index in [2.05, 4.69) is 47.9 Å². The number of hydrogen-bond acceptors (Lipinski definition) is 4. The van der Waals surface area contributed by atoms with Gasteiger partial charge in [0.1, 0.15) is 0 Å². The number of piperidine rings is 1.